The molecule has 0 spiro atoms. The molecule has 0 saturated carbocycles. The fourth-order valence-electron chi connectivity index (χ4n) is 2.09. The first-order valence-electron chi connectivity index (χ1n) is 6.78. The van der Waals surface area contributed by atoms with Crippen LogP contribution in [-0.4, -0.2) is 24.6 Å². The van der Waals surface area contributed by atoms with E-state index in [0.29, 0.717) is 24.4 Å². The number of benzene rings is 1. The fraction of sp³-hybridized carbons (Fsp3) is 0.250. The number of ether oxygens (including phenoxy) is 1. The van der Waals surface area contributed by atoms with Crippen LogP contribution in [0.15, 0.2) is 42.7 Å². The Morgan fingerprint density at radius 2 is 2.19 bits per heavy atom. The molecule has 0 saturated heterocycles. The Labute approximate surface area is 124 Å². The second-order valence-electron chi connectivity index (χ2n) is 4.71. The molecule has 0 radical (unpaired) electrons. The van der Waals surface area contributed by atoms with E-state index >= 15 is 0 Å². The van der Waals surface area contributed by atoms with E-state index in [9.17, 15) is 4.79 Å². The van der Waals surface area contributed by atoms with Crippen molar-refractivity contribution in [3.63, 3.8) is 0 Å². The van der Waals surface area contributed by atoms with Crippen molar-refractivity contribution in [1.29, 1.82) is 0 Å². The Kier molecular flexibility index (Phi) is 4.77. The average Bonchev–Trinajstić information content (AvgIpc) is 2.48. The van der Waals surface area contributed by atoms with E-state index in [1.807, 2.05) is 36.3 Å². The van der Waals surface area contributed by atoms with Crippen LogP contribution >= 0.6 is 0 Å². The molecule has 0 bridgehead atoms. The van der Waals surface area contributed by atoms with Crippen LogP contribution in [-0.2, 0) is 11.3 Å². The summed E-state index contributed by atoms with van der Waals surface area (Å²) in [6, 6.07) is 9.11. The molecule has 0 unspecified atom stereocenters. The molecule has 5 nitrogen and oxygen atoms in total. The summed E-state index contributed by atoms with van der Waals surface area (Å²) in [6.07, 6.45) is 3.56. The van der Waals surface area contributed by atoms with Crippen LogP contribution in [0.25, 0.3) is 0 Å². The van der Waals surface area contributed by atoms with Crippen molar-refractivity contribution >= 4 is 17.3 Å². The van der Waals surface area contributed by atoms with Crippen molar-refractivity contribution in [2.45, 2.75) is 13.5 Å². The first kappa shape index (κ1) is 14.8. The minimum atomic E-state index is -0.356. The van der Waals surface area contributed by atoms with Gasteiger partial charge in [-0.25, -0.2) is 4.79 Å². The number of rotatable bonds is 5. The van der Waals surface area contributed by atoms with Crippen LogP contribution in [0.2, 0.25) is 0 Å². The number of nitrogen functional groups attached to an aromatic ring is 1. The van der Waals surface area contributed by atoms with Gasteiger partial charge in [0, 0.05) is 26.0 Å². The quantitative estimate of drug-likeness (QED) is 0.675. The lowest BCUT2D eigenvalue weighted by Crippen LogP contribution is -2.18. The maximum Gasteiger partial charge on any atom is 0.338 e. The normalized spacial score (nSPS) is 10.2. The number of hydrogen-bond donors (Lipinski definition) is 1. The Morgan fingerprint density at radius 3 is 2.81 bits per heavy atom. The smallest absolute Gasteiger partial charge is 0.338 e. The van der Waals surface area contributed by atoms with E-state index in [0.717, 1.165) is 11.3 Å². The summed E-state index contributed by atoms with van der Waals surface area (Å²) in [4.78, 5) is 17.8. The van der Waals surface area contributed by atoms with Gasteiger partial charge >= 0.3 is 5.97 Å². The van der Waals surface area contributed by atoms with Gasteiger partial charge in [0.05, 0.1) is 23.5 Å². The number of esters is 1. The van der Waals surface area contributed by atoms with Gasteiger partial charge < -0.3 is 15.4 Å². The highest BCUT2D eigenvalue weighted by atomic mass is 16.5. The van der Waals surface area contributed by atoms with Gasteiger partial charge in [0.1, 0.15) is 0 Å². The molecule has 0 aliphatic rings. The van der Waals surface area contributed by atoms with Gasteiger partial charge in [0.15, 0.2) is 0 Å². The van der Waals surface area contributed by atoms with Gasteiger partial charge in [-0.1, -0.05) is 6.07 Å². The highest BCUT2D eigenvalue weighted by Crippen LogP contribution is 2.25. The Bertz CT molecular complexity index is 614. The third-order valence-corrected chi connectivity index (χ3v) is 3.09. The molecule has 0 atom stereocenters. The van der Waals surface area contributed by atoms with Gasteiger partial charge in [-0.3, -0.25) is 4.98 Å². The monoisotopic (exact) mass is 285 g/mol. The van der Waals surface area contributed by atoms with Crippen LogP contribution in [0, 0.1) is 0 Å². The summed E-state index contributed by atoms with van der Waals surface area (Å²) in [5.41, 5.74) is 9.02. The van der Waals surface area contributed by atoms with E-state index in [1.54, 1.807) is 25.3 Å². The second kappa shape index (κ2) is 6.74. The molecular weight excluding hydrogens is 266 g/mol. The zero-order chi connectivity index (χ0) is 15.2. The van der Waals surface area contributed by atoms with Crippen LogP contribution in [0.5, 0.6) is 0 Å². The standard InChI is InChI=1S/C16H19N3O2/c1-3-21-16(20)13-6-7-15(14(17)9-13)19(2)11-12-5-4-8-18-10-12/h4-10H,3,11,17H2,1-2H3. The summed E-state index contributed by atoms with van der Waals surface area (Å²) in [5.74, 6) is -0.356. The predicted molar refractivity (Wildman–Crippen MR) is 83.2 cm³/mol. The zero-order valence-electron chi connectivity index (χ0n) is 12.2. The molecule has 1 aromatic carbocycles. The van der Waals surface area contributed by atoms with E-state index < -0.39 is 0 Å². The molecule has 0 aliphatic heterocycles. The summed E-state index contributed by atoms with van der Waals surface area (Å²) in [6.45, 7) is 2.81. The SMILES string of the molecule is CCOC(=O)c1ccc(N(C)Cc2cccnc2)c(N)c1. The predicted octanol–water partition coefficient (Wildman–Crippen LogP) is 2.48. The Hall–Kier alpha value is -2.56. The maximum atomic E-state index is 11.7. The maximum absolute atomic E-state index is 11.7. The van der Waals surface area contributed by atoms with Gasteiger partial charge in [-0.05, 0) is 36.8 Å². The third-order valence-electron chi connectivity index (χ3n) is 3.09. The number of carbonyl (C=O) groups is 1. The van der Waals surface area contributed by atoms with Crippen LogP contribution in [0.3, 0.4) is 0 Å². The summed E-state index contributed by atoms with van der Waals surface area (Å²) < 4.78 is 4.96. The first-order chi connectivity index (χ1) is 10.1. The summed E-state index contributed by atoms with van der Waals surface area (Å²) >= 11 is 0. The van der Waals surface area contributed by atoms with E-state index in [2.05, 4.69) is 4.98 Å². The Morgan fingerprint density at radius 1 is 1.38 bits per heavy atom. The first-order valence-corrected chi connectivity index (χ1v) is 6.78. The van der Waals surface area contributed by atoms with Crippen molar-refractivity contribution in [2.24, 2.45) is 0 Å². The number of anilines is 2. The topological polar surface area (TPSA) is 68.5 Å². The number of nitrogens with two attached hydrogens (primary N) is 1. The molecule has 0 amide bonds. The number of aromatic nitrogens is 1. The number of hydrogen-bond acceptors (Lipinski definition) is 5. The average molecular weight is 285 g/mol. The van der Waals surface area contributed by atoms with Crippen LogP contribution < -0.4 is 10.6 Å². The molecule has 110 valence electrons. The largest absolute Gasteiger partial charge is 0.462 e. The highest BCUT2D eigenvalue weighted by Gasteiger charge is 2.11. The van der Waals surface area contributed by atoms with Gasteiger partial charge in [0.25, 0.3) is 0 Å². The van der Waals surface area contributed by atoms with E-state index in [-0.39, 0.29) is 5.97 Å². The van der Waals surface area contributed by atoms with Gasteiger partial charge in [-0.2, -0.15) is 0 Å². The molecule has 5 heteroatoms. The number of nitrogens with zero attached hydrogens (tertiary/aromatic N) is 2. The molecule has 0 aliphatic carbocycles. The second-order valence-corrected chi connectivity index (χ2v) is 4.71. The lowest BCUT2D eigenvalue weighted by molar-refractivity contribution is 0.0526. The molecule has 1 aromatic heterocycles. The Balaban J connectivity index is 2.15. The lowest BCUT2D eigenvalue weighted by Gasteiger charge is -2.21. The van der Waals surface area contributed by atoms with Crippen molar-refractivity contribution in [3.05, 3.63) is 53.9 Å². The molecule has 2 N–H and O–H groups in total. The van der Waals surface area contributed by atoms with Crippen molar-refractivity contribution < 1.29 is 9.53 Å². The third kappa shape index (κ3) is 3.72. The minimum absolute atomic E-state index is 0.349. The molecule has 0 fully saturated rings. The van der Waals surface area contributed by atoms with Crippen molar-refractivity contribution in [3.8, 4) is 0 Å². The lowest BCUT2D eigenvalue weighted by atomic mass is 10.1. The van der Waals surface area contributed by atoms with Crippen LogP contribution in [0.1, 0.15) is 22.8 Å². The molecule has 2 rings (SSSR count). The van der Waals surface area contributed by atoms with E-state index in [4.69, 9.17) is 10.5 Å². The molecule has 2 aromatic rings. The van der Waals surface area contributed by atoms with Crippen LogP contribution in [0.4, 0.5) is 11.4 Å². The summed E-state index contributed by atoms with van der Waals surface area (Å²) in [5, 5.41) is 0. The van der Waals surface area contributed by atoms with Crippen molar-refractivity contribution in [2.75, 3.05) is 24.3 Å². The number of pyridine rings is 1. The highest BCUT2D eigenvalue weighted by molar-refractivity contribution is 5.92. The fourth-order valence-corrected chi connectivity index (χ4v) is 2.09. The van der Waals surface area contributed by atoms with Gasteiger partial charge in [-0.15, -0.1) is 0 Å². The summed E-state index contributed by atoms with van der Waals surface area (Å²) in [7, 11) is 1.95. The molecule has 21 heavy (non-hydrogen) atoms. The molecular formula is C16H19N3O2. The number of carbonyl (C=O) groups excluding carboxylic acids is 1. The van der Waals surface area contributed by atoms with E-state index in [1.165, 1.54) is 0 Å². The minimum Gasteiger partial charge on any atom is -0.462 e. The van der Waals surface area contributed by atoms with Gasteiger partial charge in [0.2, 0.25) is 0 Å². The van der Waals surface area contributed by atoms with Crippen molar-refractivity contribution in [1.82, 2.24) is 4.98 Å². The zero-order valence-corrected chi connectivity index (χ0v) is 12.2. The molecule has 1 heterocycles.